The maximum absolute atomic E-state index is 12.3. The van der Waals surface area contributed by atoms with Crippen LogP contribution in [0.1, 0.15) is 31.8 Å². The molecule has 2 amide bonds. The molecule has 0 N–H and O–H groups in total. The highest BCUT2D eigenvalue weighted by Crippen LogP contribution is 2.23. The van der Waals surface area contributed by atoms with Gasteiger partial charge in [-0.25, -0.2) is 9.69 Å². The SMILES string of the molecule is COC(=O)/C=C/c1cccc(/C=C/N2C(=O)c3ccccc3C2=O)c1. The highest BCUT2D eigenvalue weighted by molar-refractivity contribution is 6.22. The Morgan fingerprint density at radius 3 is 2.12 bits per heavy atom. The molecular formula is C20H15NO4. The molecule has 0 fully saturated rings. The molecule has 0 unspecified atom stereocenters. The van der Waals surface area contributed by atoms with Crippen molar-refractivity contribution >= 4 is 29.9 Å². The molecule has 2 aromatic carbocycles. The van der Waals surface area contributed by atoms with E-state index in [4.69, 9.17) is 0 Å². The zero-order valence-electron chi connectivity index (χ0n) is 13.5. The Bertz CT molecular complexity index is 876. The number of carbonyl (C=O) groups is 3. The smallest absolute Gasteiger partial charge is 0.330 e. The molecule has 0 saturated heterocycles. The van der Waals surface area contributed by atoms with Crippen LogP contribution in [0.15, 0.2) is 60.8 Å². The Labute approximate surface area is 144 Å². The van der Waals surface area contributed by atoms with Gasteiger partial charge in [-0.1, -0.05) is 30.3 Å². The van der Waals surface area contributed by atoms with Gasteiger partial charge in [0, 0.05) is 12.3 Å². The van der Waals surface area contributed by atoms with Gasteiger partial charge in [-0.2, -0.15) is 0 Å². The third-order valence-electron chi connectivity index (χ3n) is 3.77. The summed E-state index contributed by atoms with van der Waals surface area (Å²) in [7, 11) is 1.31. The monoisotopic (exact) mass is 333 g/mol. The first-order valence-electron chi connectivity index (χ1n) is 7.61. The van der Waals surface area contributed by atoms with E-state index in [1.807, 2.05) is 24.3 Å². The number of imide groups is 1. The van der Waals surface area contributed by atoms with E-state index in [0.29, 0.717) is 11.1 Å². The Balaban J connectivity index is 1.79. The molecule has 124 valence electrons. The number of hydrogen-bond acceptors (Lipinski definition) is 4. The lowest BCUT2D eigenvalue weighted by atomic mass is 10.1. The lowest BCUT2D eigenvalue weighted by Gasteiger charge is -2.07. The molecule has 0 radical (unpaired) electrons. The van der Waals surface area contributed by atoms with E-state index in [9.17, 15) is 14.4 Å². The van der Waals surface area contributed by atoms with Crippen LogP contribution in [-0.4, -0.2) is 29.8 Å². The van der Waals surface area contributed by atoms with Gasteiger partial charge in [0.05, 0.1) is 18.2 Å². The van der Waals surface area contributed by atoms with Crippen LogP contribution in [0.2, 0.25) is 0 Å². The molecule has 0 aliphatic carbocycles. The lowest BCUT2D eigenvalue weighted by Crippen LogP contribution is -2.23. The summed E-state index contributed by atoms with van der Waals surface area (Å²) in [4.78, 5) is 36.8. The summed E-state index contributed by atoms with van der Waals surface area (Å²) in [6, 6.07) is 14.1. The van der Waals surface area contributed by atoms with E-state index in [-0.39, 0.29) is 11.8 Å². The van der Waals surface area contributed by atoms with E-state index in [1.165, 1.54) is 19.4 Å². The number of benzene rings is 2. The standard InChI is InChI=1S/C20H15NO4/c1-25-18(22)10-9-14-5-4-6-15(13-14)11-12-21-19(23)16-7-2-3-8-17(16)20(21)24/h2-13H,1H3/b10-9+,12-11+. The van der Waals surface area contributed by atoms with E-state index < -0.39 is 5.97 Å². The number of fused-ring (bicyclic) bond motifs is 1. The quantitative estimate of drug-likeness (QED) is 0.490. The average Bonchev–Trinajstić information content (AvgIpc) is 2.89. The van der Waals surface area contributed by atoms with Gasteiger partial charge in [0.1, 0.15) is 0 Å². The Morgan fingerprint density at radius 1 is 0.920 bits per heavy atom. The number of rotatable bonds is 4. The average molecular weight is 333 g/mol. The van der Waals surface area contributed by atoms with Gasteiger partial charge in [0.15, 0.2) is 0 Å². The molecule has 25 heavy (non-hydrogen) atoms. The van der Waals surface area contributed by atoms with Crippen LogP contribution in [0.3, 0.4) is 0 Å². The highest BCUT2D eigenvalue weighted by Gasteiger charge is 2.33. The number of ether oxygens (including phenoxy) is 1. The Morgan fingerprint density at radius 2 is 1.52 bits per heavy atom. The Hall–Kier alpha value is -3.47. The van der Waals surface area contributed by atoms with Crippen molar-refractivity contribution in [2.24, 2.45) is 0 Å². The van der Waals surface area contributed by atoms with Gasteiger partial charge < -0.3 is 4.74 Å². The van der Waals surface area contributed by atoms with Crippen LogP contribution in [0.25, 0.3) is 12.2 Å². The van der Waals surface area contributed by atoms with Gasteiger partial charge in [-0.05, 0) is 41.5 Å². The normalized spacial score (nSPS) is 13.7. The first-order valence-corrected chi connectivity index (χ1v) is 7.61. The molecule has 5 heteroatoms. The van der Waals surface area contributed by atoms with Crippen LogP contribution in [-0.2, 0) is 9.53 Å². The van der Waals surface area contributed by atoms with E-state index in [0.717, 1.165) is 16.0 Å². The fourth-order valence-corrected chi connectivity index (χ4v) is 2.50. The molecule has 0 spiro atoms. The number of hydrogen-bond donors (Lipinski definition) is 0. The Kier molecular flexibility index (Phi) is 4.57. The predicted octanol–water partition coefficient (Wildman–Crippen LogP) is 3.14. The molecular weight excluding hydrogens is 318 g/mol. The van der Waals surface area contributed by atoms with Crippen molar-refractivity contribution in [1.82, 2.24) is 4.90 Å². The number of amides is 2. The molecule has 0 aromatic heterocycles. The van der Waals surface area contributed by atoms with Crippen molar-refractivity contribution in [2.45, 2.75) is 0 Å². The van der Waals surface area contributed by atoms with Crippen molar-refractivity contribution in [2.75, 3.05) is 7.11 Å². The summed E-state index contributed by atoms with van der Waals surface area (Å²) in [5.41, 5.74) is 2.41. The molecule has 2 aromatic rings. The van der Waals surface area contributed by atoms with Crippen LogP contribution >= 0.6 is 0 Å². The molecule has 3 rings (SSSR count). The van der Waals surface area contributed by atoms with Crippen LogP contribution in [0.5, 0.6) is 0 Å². The largest absolute Gasteiger partial charge is 0.466 e. The summed E-state index contributed by atoms with van der Waals surface area (Å²) in [5, 5.41) is 0. The summed E-state index contributed by atoms with van der Waals surface area (Å²) >= 11 is 0. The third-order valence-corrected chi connectivity index (χ3v) is 3.77. The van der Waals surface area contributed by atoms with Gasteiger partial charge in [-0.3, -0.25) is 9.59 Å². The van der Waals surface area contributed by atoms with Crippen molar-refractivity contribution in [1.29, 1.82) is 0 Å². The van der Waals surface area contributed by atoms with E-state index in [2.05, 4.69) is 4.74 Å². The summed E-state index contributed by atoms with van der Waals surface area (Å²) < 4.78 is 4.55. The van der Waals surface area contributed by atoms with Crippen LogP contribution in [0, 0.1) is 0 Å². The molecule has 0 bridgehead atoms. The molecule has 5 nitrogen and oxygen atoms in total. The molecule has 0 saturated carbocycles. The number of nitrogens with zero attached hydrogens (tertiary/aromatic N) is 1. The second kappa shape index (κ2) is 6.97. The maximum atomic E-state index is 12.3. The molecule has 1 aliphatic rings. The third kappa shape index (κ3) is 3.40. The zero-order chi connectivity index (χ0) is 17.8. The second-order valence-corrected chi connectivity index (χ2v) is 5.37. The van der Waals surface area contributed by atoms with E-state index in [1.54, 1.807) is 36.4 Å². The second-order valence-electron chi connectivity index (χ2n) is 5.37. The van der Waals surface area contributed by atoms with Gasteiger partial charge in [-0.15, -0.1) is 0 Å². The van der Waals surface area contributed by atoms with Crippen LogP contribution in [0.4, 0.5) is 0 Å². The lowest BCUT2D eigenvalue weighted by molar-refractivity contribution is -0.134. The van der Waals surface area contributed by atoms with Crippen molar-refractivity contribution in [3.05, 3.63) is 83.1 Å². The number of carbonyl (C=O) groups excluding carboxylic acids is 3. The van der Waals surface area contributed by atoms with E-state index >= 15 is 0 Å². The first-order chi connectivity index (χ1) is 12.1. The van der Waals surface area contributed by atoms with Gasteiger partial charge in [0.25, 0.3) is 11.8 Å². The highest BCUT2D eigenvalue weighted by atomic mass is 16.5. The minimum Gasteiger partial charge on any atom is -0.466 e. The predicted molar refractivity (Wildman–Crippen MR) is 93.5 cm³/mol. The maximum Gasteiger partial charge on any atom is 0.330 e. The number of esters is 1. The van der Waals surface area contributed by atoms with Crippen molar-refractivity contribution in [3.63, 3.8) is 0 Å². The van der Waals surface area contributed by atoms with Crippen molar-refractivity contribution in [3.8, 4) is 0 Å². The summed E-state index contributed by atoms with van der Waals surface area (Å²) in [6.45, 7) is 0. The van der Waals surface area contributed by atoms with Gasteiger partial charge in [0.2, 0.25) is 0 Å². The molecule has 1 heterocycles. The zero-order valence-corrected chi connectivity index (χ0v) is 13.5. The van der Waals surface area contributed by atoms with Gasteiger partial charge >= 0.3 is 5.97 Å². The molecule has 0 atom stereocenters. The fourth-order valence-electron chi connectivity index (χ4n) is 2.50. The minimum absolute atomic E-state index is 0.335. The molecule has 1 aliphatic heterocycles. The summed E-state index contributed by atoms with van der Waals surface area (Å²) in [5.74, 6) is -1.11. The topological polar surface area (TPSA) is 63.7 Å². The van der Waals surface area contributed by atoms with Crippen LogP contribution < -0.4 is 0 Å². The fraction of sp³-hybridized carbons (Fsp3) is 0.0500. The van der Waals surface area contributed by atoms with Crippen molar-refractivity contribution < 1.29 is 19.1 Å². The summed E-state index contributed by atoms with van der Waals surface area (Å²) in [6.07, 6.45) is 6.10. The minimum atomic E-state index is -0.438. The first kappa shape index (κ1) is 16.4. The number of methoxy groups -OCH3 is 1.